The first kappa shape index (κ1) is 16.8. The fourth-order valence-electron chi connectivity index (χ4n) is 4.96. The molecule has 6 heterocycles. The topological polar surface area (TPSA) is 60.6 Å². The summed E-state index contributed by atoms with van der Waals surface area (Å²) in [6, 6.07) is 8.99. The zero-order valence-corrected chi connectivity index (χ0v) is 16.5. The molecule has 0 saturated heterocycles. The predicted molar refractivity (Wildman–Crippen MR) is 114 cm³/mol. The second-order valence-corrected chi connectivity index (χ2v) is 8.40. The molecule has 1 N–H and O–H groups in total. The Morgan fingerprint density at radius 2 is 1.86 bits per heavy atom. The van der Waals surface area contributed by atoms with Gasteiger partial charge in [-0.1, -0.05) is 19.3 Å². The molecule has 1 aliphatic carbocycles. The Hall–Kier alpha value is -3.15. The first-order valence-electron chi connectivity index (χ1n) is 10.5. The molecule has 2 aliphatic heterocycles. The number of hydrogen-bond donors (Lipinski definition) is 1. The van der Waals surface area contributed by atoms with Gasteiger partial charge < -0.3 is 9.88 Å². The average molecular weight is 384 g/mol. The number of hydrogen-bond acceptors (Lipinski definition) is 4. The fourth-order valence-corrected chi connectivity index (χ4v) is 4.96. The molecule has 4 aromatic rings. The molecule has 1 atom stereocenters. The third-order valence-electron chi connectivity index (χ3n) is 6.44. The highest BCUT2D eigenvalue weighted by atomic mass is 15.2. The van der Waals surface area contributed by atoms with Gasteiger partial charge in [0, 0.05) is 36.8 Å². The van der Waals surface area contributed by atoms with Crippen LogP contribution < -0.4 is 5.32 Å². The van der Waals surface area contributed by atoms with Crippen LogP contribution in [-0.4, -0.2) is 24.3 Å². The van der Waals surface area contributed by atoms with Crippen LogP contribution in [0.25, 0.3) is 22.2 Å². The van der Waals surface area contributed by atoms with E-state index in [4.69, 9.17) is 4.98 Å². The minimum absolute atomic E-state index is 0.581. The molecule has 0 spiro atoms. The van der Waals surface area contributed by atoms with Crippen LogP contribution in [0.3, 0.4) is 0 Å². The van der Waals surface area contributed by atoms with Crippen LogP contribution in [0.15, 0.2) is 49.1 Å². The lowest BCUT2D eigenvalue weighted by atomic mass is 9.80. The van der Waals surface area contributed by atoms with Gasteiger partial charge in [0.25, 0.3) is 0 Å². The van der Waals surface area contributed by atoms with E-state index in [2.05, 4.69) is 38.3 Å². The van der Waals surface area contributed by atoms with E-state index < -0.39 is 0 Å². The number of rotatable bonds is 4. The molecular weight excluding hydrogens is 360 g/mol. The second-order valence-electron chi connectivity index (χ2n) is 8.40. The Balaban J connectivity index is 1.27. The molecule has 1 saturated carbocycles. The smallest absolute Gasteiger partial charge is 0.132 e. The molecule has 6 heteroatoms. The van der Waals surface area contributed by atoms with Gasteiger partial charge in [0.1, 0.15) is 11.6 Å². The van der Waals surface area contributed by atoms with E-state index in [9.17, 15) is 0 Å². The third-order valence-corrected chi connectivity index (χ3v) is 6.44. The Labute approximate surface area is 169 Å². The van der Waals surface area contributed by atoms with Crippen molar-refractivity contribution in [3.63, 3.8) is 0 Å². The van der Waals surface area contributed by atoms with Gasteiger partial charge in [0.05, 0.1) is 23.3 Å². The van der Waals surface area contributed by atoms with Crippen LogP contribution in [0.2, 0.25) is 0 Å². The number of aryl methyl sites for hydroxylation is 1. The highest BCUT2D eigenvalue weighted by Crippen LogP contribution is 2.46. The van der Waals surface area contributed by atoms with Crippen molar-refractivity contribution >= 4 is 22.7 Å². The highest BCUT2D eigenvalue weighted by molar-refractivity contribution is 5.81. The van der Waals surface area contributed by atoms with Gasteiger partial charge in [0.2, 0.25) is 0 Å². The van der Waals surface area contributed by atoms with Crippen LogP contribution >= 0.6 is 0 Å². The predicted octanol–water partition coefficient (Wildman–Crippen LogP) is 5.06. The van der Waals surface area contributed by atoms with Crippen molar-refractivity contribution in [1.82, 2.24) is 24.3 Å². The minimum atomic E-state index is 0.581. The fraction of sp³-hybridized carbons (Fsp3) is 0.348. The standard InChI is InChI=1S/C23H24N6/c1-28-13-18(12-25-28)16-9-20-19(24-11-16)7-8-21(26-20)27-22-10-17-14-29(22)23(17)15-5-3-2-4-6-15/h7-15,23H,2-6H2,1H3,(H,26,27). The molecule has 29 heavy (non-hydrogen) atoms. The molecule has 146 valence electrons. The third kappa shape index (κ3) is 2.82. The molecular formula is C23H24N6. The molecule has 7 rings (SSSR count). The summed E-state index contributed by atoms with van der Waals surface area (Å²) >= 11 is 0. The molecule has 0 radical (unpaired) electrons. The van der Waals surface area contributed by atoms with Crippen molar-refractivity contribution in [2.75, 3.05) is 5.32 Å². The van der Waals surface area contributed by atoms with Crippen molar-refractivity contribution in [3.8, 4) is 11.1 Å². The summed E-state index contributed by atoms with van der Waals surface area (Å²) in [7, 11) is 1.92. The quantitative estimate of drug-likeness (QED) is 0.534. The van der Waals surface area contributed by atoms with E-state index in [1.807, 2.05) is 37.8 Å². The minimum Gasteiger partial charge on any atom is -0.326 e. The van der Waals surface area contributed by atoms with Crippen molar-refractivity contribution in [1.29, 1.82) is 0 Å². The van der Waals surface area contributed by atoms with Crippen molar-refractivity contribution in [2.45, 2.75) is 38.1 Å². The van der Waals surface area contributed by atoms with E-state index in [0.717, 1.165) is 39.7 Å². The monoisotopic (exact) mass is 384 g/mol. The van der Waals surface area contributed by atoms with Crippen LogP contribution in [0.1, 0.15) is 43.7 Å². The Morgan fingerprint density at radius 1 is 0.966 bits per heavy atom. The molecule has 0 aromatic carbocycles. The number of anilines is 2. The summed E-state index contributed by atoms with van der Waals surface area (Å²) in [5, 5.41) is 7.79. The van der Waals surface area contributed by atoms with Gasteiger partial charge in [0.15, 0.2) is 0 Å². The largest absolute Gasteiger partial charge is 0.326 e. The van der Waals surface area contributed by atoms with Gasteiger partial charge in [-0.25, -0.2) is 4.98 Å². The number of pyridine rings is 2. The zero-order valence-electron chi connectivity index (χ0n) is 16.5. The molecule has 6 nitrogen and oxygen atoms in total. The van der Waals surface area contributed by atoms with E-state index in [-0.39, 0.29) is 0 Å². The molecule has 0 amide bonds. The maximum absolute atomic E-state index is 4.83. The molecule has 2 bridgehead atoms. The zero-order chi connectivity index (χ0) is 19.4. The van der Waals surface area contributed by atoms with E-state index in [0.29, 0.717) is 6.04 Å². The van der Waals surface area contributed by atoms with E-state index in [1.54, 1.807) is 4.68 Å². The first-order chi connectivity index (χ1) is 14.2. The summed E-state index contributed by atoms with van der Waals surface area (Å²) < 4.78 is 4.20. The first-order valence-corrected chi connectivity index (χ1v) is 10.5. The van der Waals surface area contributed by atoms with Gasteiger partial charge in [-0.15, -0.1) is 0 Å². The Bertz CT molecular complexity index is 1200. The highest BCUT2D eigenvalue weighted by Gasteiger charge is 2.35. The normalized spacial score (nSPS) is 18.7. The SMILES string of the molecule is Cn1cc(-c2cnc3ccc(Nc4cc5cn4C5C4CCCCC4)nc3c2)cn1. The lowest BCUT2D eigenvalue weighted by Crippen LogP contribution is -2.26. The number of aromatic nitrogens is 5. The molecule has 1 fully saturated rings. The average Bonchev–Trinajstić information content (AvgIpc) is 3.43. The van der Waals surface area contributed by atoms with Crippen LogP contribution in [0, 0.1) is 5.92 Å². The maximum atomic E-state index is 4.83. The van der Waals surface area contributed by atoms with Crippen LogP contribution in [-0.2, 0) is 7.05 Å². The van der Waals surface area contributed by atoms with Gasteiger partial charge in [-0.2, -0.15) is 5.10 Å². The summed E-state index contributed by atoms with van der Waals surface area (Å²) in [5.41, 5.74) is 5.34. The van der Waals surface area contributed by atoms with Crippen molar-refractivity contribution in [3.05, 3.63) is 54.6 Å². The summed E-state index contributed by atoms with van der Waals surface area (Å²) in [6.07, 6.45) is 14.9. The van der Waals surface area contributed by atoms with Crippen molar-refractivity contribution < 1.29 is 0 Å². The maximum Gasteiger partial charge on any atom is 0.132 e. The Kier molecular flexibility index (Phi) is 3.72. The summed E-state index contributed by atoms with van der Waals surface area (Å²) in [5.74, 6) is 2.81. The Morgan fingerprint density at radius 3 is 2.69 bits per heavy atom. The molecule has 4 aromatic heterocycles. The number of fused-ring (bicyclic) bond motifs is 2. The molecule has 1 unspecified atom stereocenters. The summed E-state index contributed by atoms with van der Waals surface area (Å²) in [4.78, 5) is 9.40. The van der Waals surface area contributed by atoms with E-state index in [1.165, 1.54) is 37.7 Å². The molecule has 3 aliphatic rings. The lowest BCUT2D eigenvalue weighted by molar-refractivity contribution is 0.268. The summed E-state index contributed by atoms with van der Waals surface area (Å²) in [6.45, 7) is 0. The van der Waals surface area contributed by atoms with Crippen molar-refractivity contribution in [2.24, 2.45) is 13.0 Å². The van der Waals surface area contributed by atoms with Gasteiger partial charge in [-0.05, 0) is 48.6 Å². The van der Waals surface area contributed by atoms with Crippen LogP contribution in [0.5, 0.6) is 0 Å². The second kappa shape index (κ2) is 6.44. The van der Waals surface area contributed by atoms with E-state index >= 15 is 0 Å². The van der Waals surface area contributed by atoms with Gasteiger partial charge in [-0.3, -0.25) is 9.67 Å². The van der Waals surface area contributed by atoms with Gasteiger partial charge >= 0.3 is 0 Å². The number of nitrogens with zero attached hydrogens (tertiary/aromatic N) is 5. The lowest BCUT2D eigenvalue weighted by Gasteiger charge is -2.35. The van der Waals surface area contributed by atoms with Crippen LogP contribution in [0.4, 0.5) is 11.6 Å². The number of nitrogens with one attached hydrogen (secondary N) is 1.